The van der Waals surface area contributed by atoms with Crippen LogP contribution in [0, 0.1) is 0 Å². The van der Waals surface area contributed by atoms with E-state index < -0.39 is 0 Å². The Hall–Kier alpha value is -1.41. The lowest BCUT2D eigenvalue weighted by atomic mass is 9.97. The highest BCUT2D eigenvalue weighted by Gasteiger charge is 2.18. The molecule has 1 heterocycles. The summed E-state index contributed by atoms with van der Waals surface area (Å²) in [5.74, 6) is 1.16. The van der Waals surface area contributed by atoms with Crippen molar-refractivity contribution in [3.8, 4) is 11.1 Å². The lowest BCUT2D eigenvalue weighted by Crippen LogP contribution is -1.93. The second-order valence-corrected chi connectivity index (χ2v) is 5.08. The smallest absolute Gasteiger partial charge is 0.0455 e. The topological polar surface area (TPSA) is 26.0 Å². The second kappa shape index (κ2) is 3.87. The number of hydrogen-bond acceptors (Lipinski definition) is 2. The molecule has 80 valence electrons. The first-order valence-corrected chi connectivity index (χ1v) is 6.44. The molecular weight excluding hydrogens is 214 g/mol. The molecule has 1 aliphatic heterocycles. The molecule has 2 aromatic carbocycles. The number of rotatable bonds is 1. The maximum Gasteiger partial charge on any atom is 0.0455 e. The second-order valence-electron chi connectivity index (χ2n) is 3.97. The molecule has 0 saturated heterocycles. The van der Waals surface area contributed by atoms with Crippen LogP contribution in [-0.2, 0) is 6.42 Å². The third-order valence-electron chi connectivity index (χ3n) is 2.97. The fourth-order valence-electron chi connectivity index (χ4n) is 2.21. The minimum absolute atomic E-state index is 0.928. The van der Waals surface area contributed by atoms with Crippen LogP contribution in [-0.4, -0.2) is 5.75 Å². The zero-order valence-electron chi connectivity index (χ0n) is 8.94. The van der Waals surface area contributed by atoms with Crippen LogP contribution in [0.4, 0.5) is 5.69 Å². The lowest BCUT2D eigenvalue weighted by molar-refractivity contribution is 1.15. The van der Waals surface area contributed by atoms with Crippen molar-refractivity contribution in [2.24, 2.45) is 0 Å². The molecule has 0 spiro atoms. The summed E-state index contributed by atoms with van der Waals surface area (Å²) in [6.07, 6.45) is 1.13. The Balaban J connectivity index is 2.20. The zero-order valence-corrected chi connectivity index (χ0v) is 9.76. The monoisotopic (exact) mass is 227 g/mol. The molecule has 0 atom stereocenters. The van der Waals surface area contributed by atoms with E-state index >= 15 is 0 Å². The van der Waals surface area contributed by atoms with E-state index in [1.807, 2.05) is 17.8 Å². The molecule has 0 fully saturated rings. The molecule has 0 radical (unpaired) electrons. The maximum absolute atomic E-state index is 6.00. The molecule has 0 saturated carbocycles. The lowest BCUT2D eigenvalue weighted by Gasteiger charge is -2.09. The van der Waals surface area contributed by atoms with Crippen LogP contribution in [0.1, 0.15) is 5.56 Å². The number of nitrogens with two attached hydrogens (primary N) is 1. The van der Waals surface area contributed by atoms with Crippen LogP contribution in [0.25, 0.3) is 11.1 Å². The van der Waals surface area contributed by atoms with Crippen molar-refractivity contribution in [2.75, 3.05) is 11.5 Å². The average Bonchev–Trinajstić information content (AvgIpc) is 2.81. The van der Waals surface area contributed by atoms with Crippen LogP contribution in [0.5, 0.6) is 0 Å². The third kappa shape index (κ3) is 1.50. The Morgan fingerprint density at radius 2 is 1.81 bits per heavy atom. The van der Waals surface area contributed by atoms with E-state index in [2.05, 4.69) is 36.4 Å². The molecule has 3 rings (SSSR count). The summed E-state index contributed by atoms with van der Waals surface area (Å²) in [6, 6.07) is 14.7. The molecular formula is C14H13NS. The maximum atomic E-state index is 6.00. The number of thioether (sulfide) groups is 1. The molecule has 1 nitrogen and oxygen atoms in total. The first kappa shape index (κ1) is 9.79. The van der Waals surface area contributed by atoms with E-state index in [1.54, 1.807) is 0 Å². The molecule has 2 heteroatoms. The summed E-state index contributed by atoms with van der Waals surface area (Å²) in [4.78, 5) is 1.29. The Morgan fingerprint density at radius 3 is 2.62 bits per heavy atom. The van der Waals surface area contributed by atoms with Crippen molar-refractivity contribution >= 4 is 17.4 Å². The van der Waals surface area contributed by atoms with Crippen molar-refractivity contribution in [3.05, 3.63) is 48.0 Å². The van der Waals surface area contributed by atoms with Crippen molar-refractivity contribution in [1.29, 1.82) is 0 Å². The third-order valence-corrected chi connectivity index (χ3v) is 4.15. The van der Waals surface area contributed by atoms with Gasteiger partial charge in [0.25, 0.3) is 0 Å². The van der Waals surface area contributed by atoms with Gasteiger partial charge < -0.3 is 5.73 Å². The number of benzene rings is 2. The summed E-state index contributed by atoms with van der Waals surface area (Å²) in [7, 11) is 0. The van der Waals surface area contributed by atoms with Gasteiger partial charge in [0.15, 0.2) is 0 Å². The van der Waals surface area contributed by atoms with Crippen LogP contribution < -0.4 is 5.73 Å². The Kier molecular flexibility index (Phi) is 2.37. The summed E-state index contributed by atoms with van der Waals surface area (Å²) in [5, 5.41) is 0. The van der Waals surface area contributed by atoms with Crippen molar-refractivity contribution in [2.45, 2.75) is 11.3 Å². The van der Waals surface area contributed by atoms with Crippen LogP contribution in [0.2, 0.25) is 0 Å². The number of fused-ring (bicyclic) bond motifs is 1. The molecule has 16 heavy (non-hydrogen) atoms. The fraction of sp³-hybridized carbons (Fsp3) is 0.143. The van der Waals surface area contributed by atoms with Crippen LogP contribution >= 0.6 is 11.8 Å². The van der Waals surface area contributed by atoms with E-state index in [4.69, 9.17) is 5.73 Å². The average molecular weight is 227 g/mol. The van der Waals surface area contributed by atoms with E-state index in [1.165, 1.54) is 21.6 Å². The summed E-state index contributed by atoms with van der Waals surface area (Å²) < 4.78 is 0. The van der Waals surface area contributed by atoms with Crippen LogP contribution in [0.3, 0.4) is 0 Å². The van der Waals surface area contributed by atoms with Gasteiger partial charge >= 0.3 is 0 Å². The van der Waals surface area contributed by atoms with Gasteiger partial charge in [-0.3, -0.25) is 0 Å². The predicted molar refractivity (Wildman–Crippen MR) is 70.7 cm³/mol. The highest BCUT2D eigenvalue weighted by molar-refractivity contribution is 7.99. The first-order valence-electron chi connectivity index (χ1n) is 5.46. The Morgan fingerprint density at radius 1 is 1.00 bits per heavy atom. The quantitative estimate of drug-likeness (QED) is 0.753. The van der Waals surface area contributed by atoms with Crippen molar-refractivity contribution in [3.63, 3.8) is 0 Å². The van der Waals surface area contributed by atoms with E-state index in [0.717, 1.165) is 17.9 Å². The molecule has 2 N–H and O–H groups in total. The first-order chi connectivity index (χ1) is 7.86. The van der Waals surface area contributed by atoms with Gasteiger partial charge in [-0.15, -0.1) is 11.8 Å². The minimum Gasteiger partial charge on any atom is -0.398 e. The van der Waals surface area contributed by atoms with Gasteiger partial charge in [0.05, 0.1) is 0 Å². The van der Waals surface area contributed by atoms with Gasteiger partial charge in [0.2, 0.25) is 0 Å². The normalized spacial score (nSPS) is 13.8. The highest BCUT2D eigenvalue weighted by atomic mass is 32.2. The van der Waals surface area contributed by atoms with Gasteiger partial charge in [-0.1, -0.05) is 36.4 Å². The van der Waals surface area contributed by atoms with Crippen molar-refractivity contribution < 1.29 is 0 Å². The van der Waals surface area contributed by atoms with Crippen LogP contribution in [0.15, 0.2) is 47.4 Å². The van der Waals surface area contributed by atoms with Gasteiger partial charge in [0.1, 0.15) is 0 Å². The Labute approximate surface area is 99.7 Å². The van der Waals surface area contributed by atoms with E-state index in [-0.39, 0.29) is 0 Å². The van der Waals surface area contributed by atoms with Gasteiger partial charge in [-0.2, -0.15) is 0 Å². The SMILES string of the molecule is Nc1ccc(-c2ccccc2)c2c1SCC2. The van der Waals surface area contributed by atoms with Gasteiger partial charge in [-0.25, -0.2) is 0 Å². The van der Waals surface area contributed by atoms with Gasteiger partial charge in [-0.05, 0) is 29.2 Å². The largest absolute Gasteiger partial charge is 0.398 e. The fourth-order valence-corrected chi connectivity index (χ4v) is 3.34. The zero-order chi connectivity index (χ0) is 11.0. The molecule has 0 aromatic heterocycles. The molecule has 0 bridgehead atoms. The standard InChI is InChI=1S/C14H13NS/c15-13-7-6-11(10-4-2-1-3-5-10)12-8-9-16-14(12)13/h1-7H,8-9,15H2. The van der Waals surface area contributed by atoms with Crippen molar-refractivity contribution in [1.82, 2.24) is 0 Å². The highest BCUT2D eigenvalue weighted by Crippen LogP contribution is 2.41. The number of anilines is 1. The summed E-state index contributed by atoms with van der Waals surface area (Å²) in [5.41, 5.74) is 11.0. The molecule has 0 amide bonds. The van der Waals surface area contributed by atoms with E-state index in [9.17, 15) is 0 Å². The number of hydrogen-bond donors (Lipinski definition) is 1. The minimum atomic E-state index is 0.928. The molecule has 1 aliphatic rings. The molecule has 0 aliphatic carbocycles. The predicted octanol–water partition coefficient (Wildman–Crippen LogP) is 3.58. The number of nitrogen functional groups attached to an aromatic ring is 1. The molecule has 2 aromatic rings. The molecule has 0 unspecified atom stereocenters. The Bertz CT molecular complexity index is 520. The summed E-state index contributed by atoms with van der Waals surface area (Å²) >= 11 is 1.88. The summed E-state index contributed by atoms with van der Waals surface area (Å²) in [6.45, 7) is 0. The van der Waals surface area contributed by atoms with Gasteiger partial charge in [0, 0.05) is 16.3 Å². The van der Waals surface area contributed by atoms with E-state index in [0.29, 0.717) is 0 Å².